The van der Waals surface area contributed by atoms with E-state index in [4.69, 9.17) is 0 Å². The minimum atomic E-state index is -4.26. The Balaban J connectivity index is 3.69. The summed E-state index contributed by atoms with van der Waals surface area (Å²) in [5.74, 6) is 0. The average molecular weight is 234 g/mol. The summed E-state index contributed by atoms with van der Waals surface area (Å²) in [5, 5.41) is 2.17. The van der Waals surface area contributed by atoms with Crippen LogP contribution in [0.3, 0.4) is 0 Å². The second-order valence-corrected chi connectivity index (χ2v) is 3.43. The number of hydrogen-bond donors (Lipinski definition) is 1. The van der Waals surface area contributed by atoms with E-state index in [1.54, 1.807) is 6.92 Å². The van der Waals surface area contributed by atoms with Gasteiger partial charge >= 0.3 is 6.18 Å². The topological polar surface area (TPSA) is 15.3 Å². The van der Waals surface area contributed by atoms with E-state index in [1.165, 1.54) is 11.9 Å². The van der Waals surface area contributed by atoms with Gasteiger partial charge in [0.2, 0.25) is 0 Å². The van der Waals surface area contributed by atoms with Gasteiger partial charge in [-0.3, -0.25) is 4.90 Å². The SMILES string of the molecule is CC(CNCC(F)(F)F)N(C)CC(F)F. The molecule has 1 atom stereocenters. The summed E-state index contributed by atoms with van der Waals surface area (Å²) in [7, 11) is 1.45. The van der Waals surface area contributed by atoms with E-state index >= 15 is 0 Å². The molecule has 2 nitrogen and oxygen atoms in total. The number of alkyl halides is 5. The van der Waals surface area contributed by atoms with Crippen LogP contribution in [0.1, 0.15) is 6.92 Å². The highest BCUT2D eigenvalue weighted by Gasteiger charge is 2.26. The molecule has 0 saturated carbocycles. The Bertz CT molecular complexity index is 171. The quantitative estimate of drug-likeness (QED) is 0.704. The van der Waals surface area contributed by atoms with Crippen LogP contribution in [0, 0.1) is 0 Å². The zero-order valence-electron chi connectivity index (χ0n) is 8.61. The molecule has 0 spiro atoms. The molecular formula is C8H15F5N2. The standard InChI is InChI=1S/C8H15F5N2/c1-6(15(2)4-7(9)10)3-14-5-8(11,12)13/h6-7,14H,3-5H2,1-2H3. The van der Waals surface area contributed by atoms with E-state index in [0.717, 1.165) is 0 Å². The normalized spacial score (nSPS) is 15.0. The number of likely N-dealkylation sites (N-methyl/N-ethyl adjacent to an activating group) is 1. The summed E-state index contributed by atoms with van der Waals surface area (Å²) in [6, 6.07) is -0.360. The molecule has 1 unspecified atom stereocenters. The molecule has 0 aliphatic heterocycles. The van der Waals surface area contributed by atoms with Gasteiger partial charge in [0.1, 0.15) is 0 Å². The van der Waals surface area contributed by atoms with Crippen LogP contribution in [0.15, 0.2) is 0 Å². The molecule has 0 aliphatic rings. The third-order valence-electron chi connectivity index (χ3n) is 1.94. The van der Waals surface area contributed by atoms with Gasteiger partial charge in [-0.15, -0.1) is 0 Å². The lowest BCUT2D eigenvalue weighted by Gasteiger charge is -2.24. The zero-order valence-corrected chi connectivity index (χ0v) is 8.61. The zero-order chi connectivity index (χ0) is 12.1. The Kier molecular flexibility index (Phi) is 6.04. The maximum absolute atomic E-state index is 11.9. The molecule has 0 radical (unpaired) electrons. The first-order valence-corrected chi connectivity index (χ1v) is 4.48. The van der Waals surface area contributed by atoms with E-state index in [0.29, 0.717) is 0 Å². The fraction of sp³-hybridized carbons (Fsp3) is 1.00. The second-order valence-electron chi connectivity index (χ2n) is 3.43. The molecule has 0 bridgehead atoms. The maximum Gasteiger partial charge on any atom is 0.401 e. The molecule has 0 saturated heterocycles. The van der Waals surface area contributed by atoms with E-state index < -0.39 is 25.7 Å². The molecule has 0 aromatic heterocycles. The molecule has 0 aromatic carbocycles. The van der Waals surface area contributed by atoms with E-state index in [1.807, 2.05) is 0 Å². The molecule has 0 heterocycles. The first-order valence-electron chi connectivity index (χ1n) is 4.48. The highest BCUT2D eigenvalue weighted by Crippen LogP contribution is 2.12. The largest absolute Gasteiger partial charge is 0.401 e. The van der Waals surface area contributed by atoms with Gasteiger partial charge in [0.25, 0.3) is 6.43 Å². The predicted octanol–water partition coefficient (Wildman–Crippen LogP) is 1.72. The third-order valence-corrected chi connectivity index (χ3v) is 1.94. The number of nitrogens with one attached hydrogen (secondary N) is 1. The monoisotopic (exact) mass is 234 g/mol. The Morgan fingerprint density at radius 1 is 1.27 bits per heavy atom. The third kappa shape index (κ3) is 8.56. The lowest BCUT2D eigenvalue weighted by molar-refractivity contribution is -0.125. The Labute approximate surface area is 85.4 Å². The van der Waals surface area contributed by atoms with Crippen molar-refractivity contribution in [1.82, 2.24) is 10.2 Å². The Hall–Kier alpha value is -0.430. The predicted molar refractivity (Wildman–Crippen MR) is 47.0 cm³/mol. The summed E-state index contributed by atoms with van der Waals surface area (Å²) in [6.07, 6.45) is -6.74. The molecule has 0 aromatic rings. The van der Waals surface area contributed by atoms with Crippen LogP contribution in [-0.2, 0) is 0 Å². The van der Waals surface area contributed by atoms with Crippen molar-refractivity contribution in [2.45, 2.75) is 25.6 Å². The number of nitrogens with zero attached hydrogens (tertiary/aromatic N) is 1. The van der Waals surface area contributed by atoms with Crippen LogP contribution >= 0.6 is 0 Å². The van der Waals surface area contributed by atoms with Crippen LogP contribution in [0.4, 0.5) is 22.0 Å². The number of rotatable bonds is 6. The van der Waals surface area contributed by atoms with Gasteiger partial charge < -0.3 is 5.32 Å². The summed E-state index contributed by atoms with van der Waals surface area (Å²) in [5.41, 5.74) is 0. The molecule has 0 amide bonds. The van der Waals surface area contributed by atoms with Gasteiger partial charge in [0.05, 0.1) is 13.1 Å². The van der Waals surface area contributed by atoms with E-state index in [-0.39, 0.29) is 12.6 Å². The van der Waals surface area contributed by atoms with Gasteiger partial charge in [0, 0.05) is 12.6 Å². The smallest absolute Gasteiger partial charge is 0.307 e. The Morgan fingerprint density at radius 3 is 2.20 bits per heavy atom. The molecular weight excluding hydrogens is 219 g/mol. The van der Waals surface area contributed by atoms with Crippen molar-refractivity contribution >= 4 is 0 Å². The second kappa shape index (κ2) is 6.22. The molecule has 0 aliphatic carbocycles. The van der Waals surface area contributed by atoms with Crippen molar-refractivity contribution in [2.24, 2.45) is 0 Å². The van der Waals surface area contributed by atoms with Gasteiger partial charge in [-0.05, 0) is 14.0 Å². The highest BCUT2D eigenvalue weighted by atomic mass is 19.4. The number of hydrogen-bond acceptors (Lipinski definition) is 2. The van der Waals surface area contributed by atoms with Crippen molar-refractivity contribution < 1.29 is 22.0 Å². The highest BCUT2D eigenvalue weighted by molar-refractivity contribution is 4.68. The van der Waals surface area contributed by atoms with Crippen LogP contribution in [0.25, 0.3) is 0 Å². The fourth-order valence-electron chi connectivity index (χ4n) is 0.976. The van der Waals surface area contributed by atoms with Gasteiger partial charge in [-0.1, -0.05) is 0 Å². The summed E-state index contributed by atoms with van der Waals surface area (Å²) >= 11 is 0. The van der Waals surface area contributed by atoms with Crippen LogP contribution < -0.4 is 5.32 Å². The Morgan fingerprint density at radius 2 is 1.80 bits per heavy atom. The molecule has 92 valence electrons. The lowest BCUT2D eigenvalue weighted by atomic mass is 10.3. The molecule has 7 heteroatoms. The minimum Gasteiger partial charge on any atom is -0.307 e. The molecule has 0 fully saturated rings. The minimum absolute atomic E-state index is 0.0305. The summed E-state index contributed by atoms with van der Waals surface area (Å²) < 4.78 is 59.0. The first kappa shape index (κ1) is 14.6. The molecule has 1 N–H and O–H groups in total. The van der Waals surface area contributed by atoms with Crippen molar-refractivity contribution in [3.63, 3.8) is 0 Å². The van der Waals surface area contributed by atoms with Gasteiger partial charge in [0.15, 0.2) is 0 Å². The van der Waals surface area contributed by atoms with E-state index in [2.05, 4.69) is 5.32 Å². The van der Waals surface area contributed by atoms with Crippen LogP contribution in [-0.4, -0.2) is 50.2 Å². The van der Waals surface area contributed by atoms with Gasteiger partial charge in [-0.25, -0.2) is 8.78 Å². The van der Waals surface area contributed by atoms with Crippen molar-refractivity contribution in [1.29, 1.82) is 0 Å². The van der Waals surface area contributed by atoms with Crippen LogP contribution in [0.5, 0.6) is 0 Å². The van der Waals surface area contributed by atoms with E-state index in [9.17, 15) is 22.0 Å². The molecule has 15 heavy (non-hydrogen) atoms. The van der Waals surface area contributed by atoms with Gasteiger partial charge in [-0.2, -0.15) is 13.2 Å². The summed E-state index contributed by atoms with van der Waals surface area (Å²) in [6.45, 7) is 0.0865. The molecule has 0 rings (SSSR count). The number of halogens is 5. The van der Waals surface area contributed by atoms with Crippen LogP contribution in [0.2, 0.25) is 0 Å². The average Bonchev–Trinajstić information content (AvgIpc) is 2.00. The lowest BCUT2D eigenvalue weighted by Crippen LogP contribution is -2.42. The fourth-order valence-corrected chi connectivity index (χ4v) is 0.976. The van der Waals surface area contributed by atoms with Crippen molar-refractivity contribution in [3.8, 4) is 0 Å². The maximum atomic E-state index is 11.9. The van der Waals surface area contributed by atoms with Crippen molar-refractivity contribution in [2.75, 3.05) is 26.7 Å². The first-order chi connectivity index (χ1) is 6.72. The van der Waals surface area contributed by atoms with Crippen molar-refractivity contribution in [3.05, 3.63) is 0 Å². The summed E-state index contributed by atoms with van der Waals surface area (Å²) in [4.78, 5) is 1.31.